The van der Waals surface area contributed by atoms with Gasteiger partial charge < -0.3 is 29.2 Å². The van der Waals surface area contributed by atoms with E-state index in [4.69, 9.17) is 18.9 Å². The van der Waals surface area contributed by atoms with Crippen molar-refractivity contribution in [1.29, 1.82) is 0 Å². The number of hydrogen-bond acceptors (Lipinski definition) is 6. The first-order valence-electron chi connectivity index (χ1n) is 11.9. The van der Waals surface area contributed by atoms with Gasteiger partial charge in [-0.05, 0) is 50.7 Å². The maximum atomic E-state index is 10.7. The van der Waals surface area contributed by atoms with Gasteiger partial charge in [-0.2, -0.15) is 0 Å². The summed E-state index contributed by atoms with van der Waals surface area (Å²) in [4.78, 5) is 0. The highest BCUT2D eigenvalue weighted by molar-refractivity contribution is 5.15. The highest BCUT2D eigenvalue weighted by atomic mass is 16.8. The SMILES string of the molecule is CC1(C)O[C@H]([C@H](O)COCCCc2ccccc2)[C@@H]([C@H](O)COCCCc2ccccc2)O1. The average molecular weight is 459 g/mol. The van der Waals surface area contributed by atoms with E-state index >= 15 is 0 Å². The van der Waals surface area contributed by atoms with Crippen LogP contribution in [-0.2, 0) is 31.8 Å². The van der Waals surface area contributed by atoms with Crippen molar-refractivity contribution in [2.24, 2.45) is 0 Å². The molecular formula is C27H38O6. The van der Waals surface area contributed by atoms with Crippen LogP contribution in [0.15, 0.2) is 60.7 Å². The second kappa shape index (κ2) is 13.2. The normalized spacial score (nSPS) is 21.7. The van der Waals surface area contributed by atoms with Crippen LogP contribution in [0.3, 0.4) is 0 Å². The topological polar surface area (TPSA) is 77.4 Å². The quantitative estimate of drug-likeness (QED) is 0.422. The molecule has 1 aliphatic rings. The third kappa shape index (κ3) is 8.81. The monoisotopic (exact) mass is 458 g/mol. The lowest BCUT2D eigenvalue weighted by atomic mass is 10.0. The van der Waals surface area contributed by atoms with E-state index in [1.807, 2.05) is 36.4 Å². The number of rotatable bonds is 14. The van der Waals surface area contributed by atoms with Gasteiger partial charge in [-0.1, -0.05) is 60.7 Å². The van der Waals surface area contributed by atoms with E-state index in [1.54, 1.807) is 13.8 Å². The molecule has 0 bridgehead atoms. The van der Waals surface area contributed by atoms with Crippen molar-refractivity contribution in [3.05, 3.63) is 71.8 Å². The van der Waals surface area contributed by atoms with E-state index in [2.05, 4.69) is 24.3 Å². The molecule has 2 aromatic carbocycles. The lowest BCUT2D eigenvalue weighted by Crippen LogP contribution is -2.45. The van der Waals surface area contributed by atoms with E-state index in [0.717, 1.165) is 25.7 Å². The first-order chi connectivity index (χ1) is 15.9. The summed E-state index contributed by atoms with van der Waals surface area (Å²) in [5.41, 5.74) is 2.53. The maximum absolute atomic E-state index is 10.7. The Bertz CT molecular complexity index is 716. The molecule has 6 heteroatoms. The molecule has 1 heterocycles. The van der Waals surface area contributed by atoms with E-state index in [0.29, 0.717) is 13.2 Å². The number of aryl methyl sites for hydroxylation is 2. The fourth-order valence-corrected chi connectivity index (χ4v) is 4.06. The average Bonchev–Trinajstić information content (AvgIpc) is 3.15. The first kappa shape index (κ1) is 25.8. The van der Waals surface area contributed by atoms with Crippen LogP contribution in [0, 0.1) is 0 Å². The Labute approximate surface area is 197 Å². The van der Waals surface area contributed by atoms with Gasteiger partial charge in [-0.25, -0.2) is 0 Å². The summed E-state index contributed by atoms with van der Waals surface area (Å²) in [5.74, 6) is -0.891. The molecule has 2 N–H and O–H groups in total. The Hall–Kier alpha value is -1.80. The molecule has 6 nitrogen and oxygen atoms in total. The predicted octanol–water partition coefficient (Wildman–Crippen LogP) is 3.53. The van der Waals surface area contributed by atoms with Crippen molar-refractivity contribution in [2.75, 3.05) is 26.4 Å². The third-order valence-corrected chi connectivity index (χ3v) is 5.69. The molecule has 0 aliphatic carbocycles. The molecule has 0 spiro atoms. The van der Waals surface area contributed by atoms with Crippen molar-refractivity contribution in [1.82, 2.24) is 0 Å². The van der Waals surface area contributed by atoms with Crippen LogP contribution in [0.25, 0.3) is 0 Å². The van der Waals surface area contributed by atoms with Crippen LogP contribution in [0.1, 0.15) is 37.8 Å². The zero-order valence-electron chi connectivity index (χ0n) is 19.8. The summed E-state index contributed by atoms with van der Waals surface area (Å²) in [6.45, 7) is 4.89. The highest BCUT2D eigenvalue weighted by Gasteiger charge is 2.47. The zero-order valence-corrected chi connectivity index (χ0v) is 19.8. The smallest absolute Gasteiger partial charge is 0.164 e. The molecule has 1 fully saturated rings. The van der Waals surface area contributed by atoms with Crippen molar-refractivity contribution in [2.45, 2.75) is 69.7 Å². The van der Waals surface area contributed by atoms with E-state index < -0.39 is 30.2 Å². The Morgan fingerprint density at radius 3 is 1.52 bits per heavy atom. The molecule has 1 aliphatic heterocycles. The van der Waals surface area contributed by atoms with E-state index in [1.165, 1.54) is 11.1 Å². The lowest BCUT2D eigenvalue weighted by Gasteiger charge is -2.25. The summed E-state index contributed by atoms with van der Waals surface area (Å²) in [6.07, 6.45) is 0.420. The fourth-order valence-electron chi connectivity index (χ4n) is 4.06. The van der Waals surface area contributed by atoms with Crippen LogP contribution < -0.4 is 0 Å². The summed E-state index contributed by atoms with van der Waals surface area (Å²) in [6, 6.07) is 20.5. The van der Waals surface area contributed by atoms with Gasteiger partial charge in [0.25, 0.3) is 0 Å². The predicted molar refractivity (Wildman–Crippen MR) is 127 cm³/mol. The van der Waals surface area contributed by atoms with Crippen LogP contribution in [0.2, 0.25) is 0 Å². The molecule has 182 valence electrons. The second-order valence-electron chi connectivity index (χ2n) is 9.03. The Morgan fingerprint density at radius 1 is 0.727 bits per heavy atom. The third-order valence-electron chi connectivity index (χ3n) is 5.69. The van der Waals surface area contributed by atoms with Crippen LogP contribution in [0.5, 0.6) is 0 Å². The molecule has 0 amide bonds. The largest absolute Gasteiger partial charge is 0.388 e. The Morgan fingerprint density at radius 2 is 1.12 bits per heavy atom. The molecule has 0 unspecified atom stereocenters. The van der Waals surface area contributed by atoms with Gasteiger partial charge in [0.2, 0.25) is 0 Å². The highest BCUT2D eigenvalue weighted by Crippen LogP contribution is 2.32. The Balaban J connectivity index is 1.36. The van der Waals surface area contributed by atoms with Gasteiger partial charge >= 0.3 is 0 Å². The molecule has 3 rings (SSSR count). The van der Waals surface area contributed by atoms with E-state index in [9.17, 15) is 10.2 Å². The number of aliphatic hydroxyl groups excluding tert-OH is 2. The zero-order chi connectivity index (χ0) is 23.5. The molecule has 0 aromatic heterocycles. The van der Waals surface area contributed by atoms with Gasteiger partial charge in [0.1, 0.15) is 24.4 Å². The molecule has 33 heavy (non-hydrogen) atoms. The van der Waals surface area contributed by atoms with Gasteiger partial charge in [-0.15, -0.1) is 0 Å². The Kier molecular flexibility index (Phi) is 10.3. The summed E-state index contributed by atoms with van der Waals surface area (Å²) < 4.78 is 23.1. The minimum absolute atomic E-state index is 0.125. The minimum atomic E-state index is -0.902. The maximum Gasteiger partial charge on any atom is 0.164 e. The van der Waals surface area contributed by atoms with Gasteiger partial charge in [0.15, 0.2) is 5.79 Å². The number of hydrogen-bond donors (Lipinski definition) is 2. The van der Waals surface area contributed by atoms with Crippen molar-refractivity contribution in [3.8, 4) is 0 Å². The lowest BCUT2D eigenvalue weighted by molar-refractivity contribution is -0.164. The summed E-state index contributed by atoms with van der Waals surface area (Å²) >= 11 is 0. The molecule has 1 saturated heterocycles. The van der Waals surface area contributed by atoms with Gasteiger partial charge in [0.05, 0.1) is 13.2 Å². The van der Waals surface area contributed by atoms with Crippen molar-refractivity contribution in [3.63, 3.8) is 0 Å². The number of ether oxygens (including phenoxy) is 4. The molecule has 2 aromatic rings. The van der Waals surface area contributed by atoms with E-state index in [-0.39, 0.29) is 13.2 Å². The second-order valence-corrected chi connectivity index (χ2v) is 9.03. The van der Waals surface area contributed by atoms with Gasteiger partial charge in [-0.3, -0.25) is 0 Å². The van der Waals surface area contributed by atoms with Crippen molar-refractivity contribution >= 4 is 0 Å². The minimum Gasteiger partial charge on any atom is -0.388 e. The molecular weight excluding hydrogens is 420 g/mol. The molecule has 0 radical (unpaired) electrons. The van der Waals surface area contributed by atoms with Crippen LogP contribution in [-0.4, -0.2) is 66.8 Å². The first-order valence-corrected chi connectivity index (χ1v) is 11.9. The number of aliphatic hydroxyl groups is 2. The fraction of sp³-hybridized carbons (Fsp3) is 0.556. The number of benzene rings is 2. The molecule has 4 atom stereocenters. The van der Waals surface area contributed by atoms with Gasteiger partial charge in [0, 0.05) is 13.2 Å². The summed E-state index contributed by atoms with van der Waals surface area (Å²) in [7, 11) is 0. The summed E-state index contributed by atoms with van der Waals surface area (Å²) in [5, 5.41) is 21.3. The standard InChI is InChI=1S/C27H38O6/c1-27(2)32-25(23(28)19-30-17-9-15-21-11-5-3-6-12-21)26(33-27)24(29)20-31-18-10-16-22-13-7-4-8-14-22/h3-8,11-14,23-26,28-29H,9-10,15-20H2,1-2H3/t23-,24-,25-,26-/m1/s1. The molecule has 0 saturated carbocycles. The van der Waals surface area contributed by atoms with Crippen LogP contribution >= 0.6 is 0 Å². The van der Waals surface area contributed by atoms with Crippen molar-refractivity contribution < 1.29 is 29.2 Å². The van der Waals surface area contributed by atoms with Crippen LogP contribution in [0.4, 0.5) is 0 Å².